The number of carbonyl (C=O) groups excluding carboxylic acids is 3. The Morgan fingerprint density at radius 2 is 1.73 bits per heavy atom. The zero-order chi connectivity index (χ0) is 16.9. The summed E-state index contributed by atoms with van der Waals surface area (Å²) in [6.45, 7) is 8.35. The molecule has 0 saturated carbocycles. The lowest BCUT2D eigenvalue weighted by atomic mass is 9.82. The molecular formula is C15H25NO6. The third-order valence-electron chi connectivity index (χ3n) is 3.97. The van der Waals surface area contributed by atoms with Crippen LogP contribution in [0.25, 0.3) is 0 Å². The van der Waals surface area contributed by atoms with Crippen LogP contribution in [0.3, 0.4) is 0 Å². The van der Waals surface area contributed by atoms with Gasteiger partial charge in [-0.1, -0.05) is 20.8 Å². The summed E-state index contributed by atoms with van der Waals surface area (Å²) in [6.07, 6.45) is -0.945. The van der Waals surface area contributed by atoms with Crippen molar-refractivity contribution < 1.29 is 28.6 Å². The van der Waals surface area contributed by atoms with Crippen molar-refractivity contribution in [3.8, 4) is 0 Å². The molecule has 22 heavy (non-hydrogen) atoms. The Morgan fingerprint density at radius 1 is 1.09 bits per heavy atom. The van der Waals surface area contributed by atoms with Gasteiger partial charge in [0.05, 0.1) is 12.1 Å². The van der Waals surface area contributed by atoms with Gasteiger partial charge in [0.25, 0.3) is 0 Å². The van der Waals surface area contributed by atoms with Gasteiger partial charge in [0.15, 0.2) is 0 Å². The maximum atomic E-state index is 11.7. The average Bonchev–Trinajstić information content (AvgIpc) is 2.44. The molecule has 3 unspecified atom stereocenters. The van der Waals surface area contributed by atoms with E-state index in [1.54, 1.807) is 6.92 Å². The zero-order valence-electron chi connectivity index (χ0n) is 13.8. The van der Waals surface area contributed by atoms with Gasteiger partial charge in [-0.05, 0) is 11.8 Å². The molecule has 126 valence electrons. The van der Waals surface area contributed by atoms with E-state index in [2.05, 4.69) is 5.32 Å². The molecule has 0 aromatic carbocycles. The predicted molar refractivity (Wildman–Crippen MR) is 77.6 cm³/mol. The monoisotopic (exact) mass is 315 g/mol. The largest absolute Gasteiger partial charge is 0.463 e. The van der Waals surface area contributed by atoms with Crippen molar-refractivity contribution in [1.29, 1.82) is 0 Å². The summed E-state index contributed by atoms with van der Waals surface area (Å²) in [5.41, 5.74) is 0. The molecule has 7 nitrogen and oxygen atoms in total. The van der Waals surface area contributed by atoms with Gasteiger partial charge in [-0.3, -0.25) is 14.4 Å². The third kappa shape index (κ3) is 4.98. The second kappa shape index (κ2) is 8.12. The highest BCUT2D eigenvalue weighted by atomic mass is 16.7. The molecule has 1 aliphatic heterocycles. The van der Waals surface area contributed by atoms with E-state index in [9.17, 15) is 14.4 Å². The van der Waals surface area contributed by atoms with Crippen LogP contribution in [0, 0.1) is 11.8 Å². The molecular weight excluding hydrogens is 290 g/mol. The summed E-state index contributed by atoms with van der Waals surface area (Å²) in [5.74, 6) is -1.01. The zero-order valence-corrected chi connectivity index (χ0v) is 13.8. The number of carbonyl (C=O) groups is 3. The van der Waals surface area contributed by atoms with E-state index in [4.69, 9.17) is 14.2 Å². The van der Waals surface area contributed by atoms with E-state index in [1.165, 1.54) is 13.8 Å². The highest BCUT2D eigenvalue weighted by Crippen LogP contribution is 2.31. The molecule has 1 fully saturated rings. The van der Waals surface area contributed by atoms with Crippen LogP contribution in [0.1, 0.15) is 41.0 Å². The van der Waals surface area contributed by atoms with Gasteiger partial charge in [-0.15, -0.1) is 0 Å². The smallest absolute Gasteiger partial charge is 0.305 e. The van der Waals surface area contributed by atoms with Crippen molar-refractivity contribution in [2.75, 3.05) is 6.61 Å². The molecule has 0 radical (unpaired) electrons. The highest BCUT2D eigenvalue weighted by Gasteiger charge is 2.44. The van der Waals surface area contributed by atoms with Gasteiger partial charge in [0.1, 0.15) is 6.61 Å². The van der Waals surface area contributed by atoms with Crippen molar-refractivity contribution in [1.82, 2.24) is 5.32 Å². The molecule has 7 heteroatoms. The third-order valence-corrected chi connectivity index (χ3v) is 3.97. The molecule has 1 aliphatic rings. The summed E-state index contributed by atoms with van der Waals surface area (Å²) >= 11 is 0. The molecule has 0 spiro atoms. The molecule has 1 saturated heterocycles. The maximum Gasteiger partial charge on any atom is 0.305 e. The molecule has 0 aliphatic carbocycles. The van der Waals surface area contributed by atoms with Gasteiger partial charge in [0.2, 0.25) is 12.2 Å². The van der Waals surface area contributed by atoms with Gasteiger partial charge >= 0.3 is 11.9 Å². The van der Waals surface area contributed by atoms with Crippen molar-refractivity contribution >= 4 is 17.8 Å². The Labute approximate surface area is 130 Å². The number of nitrogens with one attached hydrogen (secondary N) is 1. The van der Waals surface area contributed by atoms with E-state index in [0.717, 1.165) is 0 Å². The van der Waals surface area contributed by atoms with Crippen LogP contribution < -0.4 is 5.32 Å². The lowest BCUT2D eigenvalue weighted by Gasteiger charge is -2.43. The molecule has 1 rings (SSSR count). The lowest BCUT2D eigenvalue weighted by Crippen LogP contribution is -2.58. The van der Waals surface area contributed by atoms with Crippen LogP contribution in [0.4, 0.5) is 0 Å². The number of hydrogen-bond acceptors (Lipinski definition) is 6. The first kappa shape index (κ1) is 18.4. The van der Waals surface area contributed by atoms with Gasteiger partial charge in [-0.2, -0.15) is 0 Å². The van der Waals surface area contributed by atoms with Crippen LogP contribution in [0.15, 0.2) is 0 Å². The number of esters is 2. The second-order valence-electron chi connectivity index (χ2n) is 5.62. The molecule has 0 bridgehead atoms. The first-order valence-corrected chi connectivity index (χ1v) is 7.51. The molecule has 0 aromatic heterocycles. The van der Waals surface area contributed by atoms with E-state index in [0.29, 0.717) is 6.42 Å². The number of rotatable bonds is 5. The molecule has 0 aromatic rings. The predicted octanol–water partition coefficient (Wildman–Crippen LogP) is 1.00. The van der Waals surface area contributed by atoms with Crippen molar-refractivity contribution in [2.45, 2.75) is 59.5 Å². The van der Waals surface area contributed by atoms with Gasteiger partial charge in [0, 0.05) is 20.3 Å². The van der Waals surface area contributed by atoms with Crippen LogP contribution in [0.2, 0.25) is 0 Å². The number of ether oxygens (including phenoxy) is 3. The van der Waals surface area contributed by atoms with E-state index in [-0.39, 0.29) is 24.3 Å². The van der Waals surface area contributed by atoms with Gasteiger partial charge in [-0.25, -0.2) is 0 Å². The normalized spacial score (nSPS) is 31.2. The molecule has 1 amide bonds. The fourth-order valence-corrected chi connectivity index (χ4v) is 2.44. The molecule has 5 atom stereocenters. The fraction of sp³-hybridized carbons (Fsp3) is 0.800. The van der Waals surface area contributed by atoms with Crippen molar-refractivity contribution in [3.63, 3.8) is 0 Å². The second-order valence-corrected chi connectivity index (χ2v) is 5.62. The minimum absolute atomic E-state index is 0.00541. The summed E-state index contributed by atoms with van der Waals surface area (Å²) in [6, 6.07) is -0.431. The highest BCUT2D eigenvalue weighted by molar-refractivity contribution is 5.76. The number of amides is 1. The van der Waals surface area contributed by atoms with E-state index in [1.807, 2.05) is 13.8 Å². The summed E-state index contributed by atoms with van der Waals surface area (Å²) in [7, 11) is 0. The van der Waals surface area contributed by atoms with E-state index >= 15 is 0 Å². The lowest BCUT2D eigenvalue weighted by molar-refractivity contribution is -0.238. The van der Waals surface area contributed by atoms with Gasteiger partial charge < -0.3 is 19.5 Å². The first-order chi connectivity index (χ1) is 10.3. The Bertz CT molecular complexity index is 424. The van der Waals surface area contributed by atoms with Crippen molar-refractivity contribution in [2.24, 2.45) is 11.8 Å². The standard InChI is InChI=1S/C15H25NO6/c1-6-13(19)16-14-9(3)8(2)12(7-20-10(4)17)22-15(14)21-11(5)18/h8-9,12,14-15H,6-7H2,1-5H3,(H,16,19)/t8-,9+,12?,14?,15?/m1/s1. The van der Waals surface area contributed by atoms with Crippen LogP contribution in [-0.2, 0) is 28.6 Å². The fourth-order valence-electron chi connectivity index (χ4n) is 2.44. The van der Waals surface area contributed by atoms with Crippen LogP contribution in [-0.4, -0.2) is 42.9 Å². The Kier molecular flexibility index (Phi) is 6.80. The van der Waals surface area contributed by atoms with Crippen molar-refractivity contribution in [3.05, 3.63) is 0 Å². The SMILES string of the molecule is CCC(=O)NC1C(OC(C)=O)OC(COC(C)=O)[C@H](C)[C@@H]1C. The maximum absolute atomic E-state index is 11.7. The first-order valence-electron chi connectivity index (χ1n) is 7.51. The average molecular weight is 315 g/mol. The topological polar surface area (TPSA) is 90.9 Å². The summed E-state index contributed by atoms with van der Waals surface area (Å²) in [4.78, 5) is 33.9. The quantitative estimate of drug-likeness (QED) is 0.761. The molecule has 1 N–H and O–H groups in total. The Morgan fingerprint density at radius 3 is 2.23 bits per heavy atom. The minimum Gasteiger partial charge on any atom is -0.463 e. The summed E-state index contributed by atoms with van der Waals surface area (Å²) in [5, 5.41) is 2.84. The minimum atomic E-state index is -0.889. The van der Waals surface area contributed by atoms with Crippen LogP contribution >= 0.6 is 0 Å². The molecule has 1 heterocycles. The Balaban J connectivity index is 2.86. The summed E-state index contributed by atoms with van der Waals surface area (Å²) < 4.78 is 15.9. The van der Waals surface area contributed by atoms with Crippen LogP contribution in [0.5, 0.6) is 0 Å². The Hall–Kier alpha value is -1.63. The van der Waals surface area contributed by atoms with E-state index < -0.39 is 30.4 Å². The number of hydrogen-bond donors (Lipinski definition) is 1.